The summed E-state index contributed by atoms with van der Waals surface area (Å²) in [4.78, 5) is 16.0. The van der Waals surface area contributed by atoms with E-state index in [0.29, 0.717) is 6.54 Å². The van der Waals surface area contributed by atoms with Crippen molar-refractivity contribution in [1.82, 2.24) is 4.90 Å². The van der Waals surface area contributed by atoms with Gasteiger partial charge in [0.2, 0.25) is 5.91 Å². The van der Waals surface area contributed by atoms with E-state index in [9.17, 15) is 4.79 Å². The Kier molecular flexibility index (Phi) is 4.61. The van der Waals surface area contributed by atoms with Gasteiger partial charge in [-0.25, -0.2) is 0 Å². The third-order valence-corrected chi connectivity index (χ3v) is 4.49. The quantitative estimate of drug-likeness (QED) is 0.811. The van der Waals surface area contributed by atoms with Gasteiger partial charge in [0, 0.05) is 11.4 Å². The Balaban J connectivity index is 2.19. The first-order valence-corrected chi connectivity index (χ1v) is 7.81. The summed E-state index contributed by atoms with van der Waals surface area (Å²) in [5, 5.41) is 2.05. The lowest BCUT2D eigenvalue weighted by atomic mass is 9.83. The van der Waals surface area contributed by atoms with Crippen LogP contribution in [0.25, 0.3) is 0 Å². The number of thiophene rings is 1. The summed E-state index contributed by atoms with van der Waals surface area (Å²) in [5.41, 5.74) is 0.573. The molecule has 0 atom stereocenters. The Labute approximate surface area is 125 Å². The minimum Gasteiger partial charge on any atom is -0.337 e. The highest BCUT2D eigenvalue weighted by Crippen LogP contribution is 2.26. The van der Waals surface area contributed by atoms with Crippen LogP contribution in [0.15, 0.2) is 47.8 Å². The highest BCUT2D eigenvalue weighted by Gasteiger charge is 2.33. The molecule has 20 heavy (non-hydrogen) atoms. The van der Waals surface area contributed by atoms with Gasteiger partial charge in [-0.2, -0.15) is 0 Å². The fourth-order valence-electron chi connectivity index (χ4n) is 2.29. The predicted octanol–water partition coefficient (Wildman–Crippen LogP) is 4.07. The van der Waals surface area contributed by atoms with Crippen LogP contribution < -0.4 is 0 Å². The Bertz CT molecular complexity index is 546. The van der Waals surface area contributed by atoms with Crippen LogP contribution in [0.4, 0.5) is 0 Å². The summed E-state index contributed by atoms with van der Waals surface area (Å²) in [7, 11) is 0. The van der Waals surface area contributed by atoms with E-state index in [1.54, 1.807) is 11.3 Å². The third-order valence-electron chi connectivity index (χ3n) is 3.63. The van der Waals surface area contributed by atoms with Gasteiger partial charge in [0.1, 0.15) is 0 Å². The smallest absolute Gasteiger partial charge is 0.232 e. The molecule has 0 saturated carbocycles. The van der Waals surface area contributed by atoms with Crippen molar-refractivity contribution in [3.05, 3.63) is 58.3 Å². The Hall–Kier alpha value is -1.61. The largest absolute Gasteiger partial charge is 0.337 e. The molecule has 106 valence electrons. The van der Waals surface area contributed by atoms with Crippen molar-refractivity contribution in [2.45, 2.75) is 32.7 Å². The van der Waals surface area contributed by atoms with E-state index in [-0.39, 0.29) is 5.91 Å². The lowest BCUT2D eigenvalue weighted by Gasteiger charge is -2.31. The van der Waals surface area contributed by atoms with Crippen LogP contribution >= 0.6 is 11.3 Å². The number of benzene rings is 1. The van der Waals surface area contributed by atoms with E-state index < -0.39 is 5.41 Å². The van der Waals surface area contributed by atoms with Crippen molar-refractivity contribution < 1.29 is 4.79 Å². The number of hydrogen-bond acceptors (Lipinski definition) is 2. The van der Waals surface area contributed by atoms with Gasteiger partial charge in [-0.3, -0.25) is 4.79 Å². The summed E-state index contributed by atoms with van der Waals surface area (Å²) in [6.07, 6.45) is 0. The van der Waals surface area contributed by atoms with Crippen molar-refractivity contribution in [3.63, 3.8) is 0 Å². The zero-order chi connectivity index (χ0) is 14.6. The lowest BCUT2D eigenvalue weighted by Crippen LogP contribution is -2.42. The van der Waals surface area contributed by atoms with Crippen LogP contribution in [-0.4, -0.2) is 17.4 Å². The number of carbonyl (C=O) groups excluding carboxylic acids is 1. The molecule has 2 nitrogen and oxygen atoms in total. The zero-order valence-electron chi connectivity index (χ0n) is 12.3. The summed E-state index contributed by atoms with van der Waals surface area (Å²) in [5.74, 6) is 0.180. The zero-order valence-corrected chi connectivity index (χ0v) is 13.1. The summed E-state index contributed by atoms with van der Waals surface area (Å²) in [6, 6.07) is 14.1. The molecule has 0 aliphatic carbocycles. The monoisotopic (exact) mass is 287 g/mol. The van der Waals surface area contributed by atoms with E-state index in [1.165, 1.54) is 4.88 Å². The molecule has 2 rings (SSSR count). The van der Waals surface area contributed by atoms with Gasteiger partial charge in [0.15, 0.2) is 0 Å². The number of nitrogens with zero attached hydrogens (tertiary/aromatic N) is 1. The highest BCUT2D eigenvalue weighted by molar-refractivity contribution is 7.09. The second-order valence-corrected chi connectivity index (χ2v) is 6.42. The van der Waals surface area contributed by atoms with Crippen LogP contribution in [0.5, 0.6) is 0 Å². The maximum absolute atomic E-state index is 12.9. The Morgan fingerprint density at radius 1 is 1.15 bits per heavy atom. The SMILES string of the molecule is CCN(Cc1cccs1)C(=O)C(C)(C)c1ccccc1. The summed E-state index contributed by atoms with van der Waals surface area (Å²) in [6.45, 7) is 7.46. The molecule has 0 unspecified atom stereocenters. The molecule has 0 aliphatic heterocycles. The average Bonchev–Trinajstić information content (AvgIpc) is 2.98. The van der Waals surface area contributed by atoms with Gasteiger partial charge < -0.3 is 4.90 Å². The molecule has 0 radical (unpaired) electrons. The second kappa shape index (κ2) is 6.23. The van der Waals surface area contributed by atoms with Crippen molar-refractivity contribution in [2.75, 3.05) is 6.54 Å². The number of rotatable bonds is 5. The fourth-order valence-corrected chi connectivity index (χ4v) is 3.01. The van der Waals surface area contributed by atoms with E-state index >= 15 is 0 Å². The minimum atomic E-state index is -0.492. The van der Waals surface area contributed by atoms with Crippen LogP contribution in [-0.2, 0) is 16.8 Å². The predicted molar refractivity (Wildman–Crippen MR) is 84.9 cm³/mol. The molecule has 1 aromatic heterocycles. The highest BCUT2D eigenvalue weighted by atomic mass is 32.1. The molecule has 0 N–H and O–H groups in total. The van der Waals surface area contributed by atoms with Gasteiger partial charge >= 0.3 is 0 Å². The van der Waals surface area contributed by atoms with Crippen molar-refractivity contribution in [3.8, 4) is 0 Å². The minimum absolute atomic E-state index is 0.180. The number of hydrogen-bond donors (Lipinski definition) is 0. The van der Waals surface area contributed by atoms with Gasteiger partial charge in [-0.05, 0) is 37.8 Å². The molecule has 0 aliphatic rings. The number of carbonyl (C=O) groups is 1. The normalized spacial score (nSPS) is 11.3. The van der Waals surface area contributed by atoms with Crippen molar-refractivity contribution >= 4 is 17.2 Å². The van der Waals surface area contributed by atoms with Crippen LogP contribution in [0, 0.1) is 0 Å². The van der Waals surface area contributed by atoms with Crippen molar-refractivity contribution in [1.29, 1.82) is 0 Å². The first-order valence-electron chi connectivity index (χ1n) is 6.93. The first kappa shape index (κ1) is 14.8. The molecule has 2 aromatic rings. The third kappa shape index (κ3) is 3.10. The Morgan fingerprint density at radius 3 is 2.40 bits per heavy atom. The molecular weight excluding hydrogens is 266 g/mol. The van der Waals surface area contributed by atoms with Crippen LogP contribution in [0.2, 0.25) is 0 Å². The van der Waals surface area contributed by atoms with Gasteiger partial charge in [0.05, 0.1) is 12.0 Å². The molecule has 0 saturated heterocycles. The van der Waals surface area contributed by atoms with Gasteiger partial charge in [0.25, 0.3) is 0 Å². The number of amides is 1. The van der Waals surface area contributed by atoms with E-state index in [0.717, 1.165) is 12.1 Å². The maximum Gasteiger partial charge on any atom is 0.232 e. The van der Waals surface area contributed by atoms with Crippen LogP contribution in [0.3, 0.4) is 0 Å². The molecular formula is C17H21NOS. The molecule has 1 amide bonds. The molecule has 3 heteroatoms. The van der Waals surface area contributed by atoms with Gasteiger partial charge in [-0.15, -0.1) is 11.3 Å². The van der Waals surface area contributed by atoms with E-state index in [1.807, 2.05) is 62.1 Å². The fraction of sp³-hybridized carbons (Fsp3) is 0.353. The summed E-state index contributed by atoms with van der Waals surface area (Å²) < 4.78 is 0. The Morgan fingerprint density at radius 2 is 1.85 bits per heavy atom. The molecule has 0 spiro atoms. The van der Waals surface area contributed by atoms with Crippen molar-refractivity contribution in [2.24, 2.45) is 0 Å². The number of likely N-dealkylation sites (N-methyl/N-ethyl adjacent to an activating group) is 1. The average molecular weight is 287 g/mol. The topological polar surface area (TPSA) is 20.3 Å². The maximum atomic E-state index is 12.9. The standard InChI is InChI=1S/C17H21NOS/c1-4-18(13-15-11-8-12-20-15)16(19)17(2,3)14-9-6-5-7-10-14/h5-12H,4,13H2,1-3H3. The van der Waals surface area contributed by atoms with E-state index in [4.69, 9.17) is 0 Å². The van der Waals surface area contributed by atoms with Crippen LogP contribution in [0.1, 0.15) is 31.2 Å². The lowest BCUT2D eigenvalue weighted by molar-refractivity contribution is -0.136. The second-order valence-electron chi connectivity index (χ2n) is 5.39. The molecule has 0 bridgehead atoms. The first-order chi connectivity index (χ1) is 9.55. The molecule has 0 fully saturated rings. The molecule has 1 heterocycles. The van der Waals surface area contributed by atoms with Gasteiger partial charge in [-0.1, -0.05) is 36.4 Å². The summed E-state index contributed by atoms with van der Waals surface area (Å²) >= 11 is 1.70. The molecule has 1 aromatic carbocycles. The van der Waals surface area contributed by atoms with E-state index in [2.05, 4.69) is 11.4 Å².